The summed E-state index contributed by atoms with van der Waals surface area (Å²) < 4.78 is 25.9. The minimum absolute atomic E-state index is 0.0169. The molecule has 0 heterocycles. The molecule has 0 saturated heterocycles. The molecule has 0 saturated carbocycles. The second kappa shape index (κ2) is 6.14. The Bertz CT molecular complexity index is 629. The summed E-state index contributed by atoms with van der Waals surface area (Å²) in [6.45, 7) is 1.76. The van der Waals surface area contributed by atoms with Crippen molar-refractivity contribution in [3.8, 4) is 0 Å². The second-order valence-electron chi connectivity index (χ2n) is 4.37. The molecule has 2 N–H and O–H groups in total. The average Bonchev–Trinajstić information content (AvgIpc) is 2.37. The molecule has 0 atom stereocenters. The minimum Gasteiger partial charge on any atom is -0.376 e. The van der Waals surface area contributed by atoms with Crippen LogP contribution in [0.5, 0.6) is 0 Å². The van der Waals surface area contributed by atoms with Gasteiger partial charge < -0.3 is 10.6 Å². The van der Waals surface area contributed by atoms with E-state index in [1.165, 1.54) is 30.3 Å². The maximum Gasteiger partial charge on any atom is 0.243 e. The fraction of sp³-hybridized carbons (Fsp3) is 0.133. The Labute approximate surface area is 115 Å². The molecule has 0 aliphatic heterocycles. The number of anilines is 2. The first-order chi connectivity index (χ1) is 9.54. The SMILES string of the molecule is Cc1cc(F)ccc1NCC(=O)Nc1cccc(F)c1. The molecule has 0 fully saturated rings. The lowest BCUT2D eigenvalue weighted by atomic mass is 10.2. The van der Waals surface area contributed by atoms with Gasteiger partial charge >= 0.3 is 0 Å². The monoisotopic (exact) mass is 276 g/mol. The van der Waals surface area contributed by atoms with E-state index in [1.807, 2.05) is 0 Å². The third kappa shape index (κ3) is 3.78. The fourth-order valence-corrected chi connectivity index (χ4v) is 1.77. The summed E-state index contributed by atoms with van der Waals surface area (Å²) in [5.41, 5.74) is 1.79. The fourth-order valence-electron chi connectivity index (χ4n) is 1.77. The molecular formula is C15H14F2N2O. The average molecular weight is 276 g/mol. The first-order valence-electron chi connectivity index (χ1n) is 6.10. The van der Waals surface area contributed by atoms with Crippen LogP contribution < -0.4 is 10.6 Å². The van der Waals surface area contributed by atoms with E-state index in [4.69, 9.17) is 0 Å². The number of rotatable bonds is 4. The molecule has 0 aliphatic rings. The van der Waals surface area contributed by atoms with Gasteiger partial charge in [0.25, 0.3) is 0 Å². The standard InChI is InChI=1S/C15H14F2N2O/c1-10-7-12(17)5-6-14(10)18-9-15(20)19-13-4-2-3-11(16)8-13/h2-8,18H,9H2,1H3,(H,19,20). The zero-order valence-electron chi connectivity index (χ0n) is 10.9. The van der Waals surface area contributed by atoms with Crippen LogP contribution in [0.1, 0.15) is 5.56 Å². The Morgan fingerprint density at radius 3 is 2.55 bits per heavy atom. The molecule has 0 unspecified atom stereocenters. The van der Waals surface area contributed by atoms with Crippen LogP contribution in [0.15, 0.2) is 42.5 Å². The van der Waals surface area contributed by atoms with Gasteiger partial charge in [0.1, 0.15) is 11.6 Å². The molecule has 104 valence electrons. The van der Waals surface area contributed by atoms with Crippen molar-refractivity contribution in [1.82, 2.24) is 0 Å². The van der Waals surface area contributed by atoms with E-state index in [1.54, 1.807) is 19.1 Å². The van der Waals surface area contributed by atoms with Crippen molar-refractivity contribution in [2.75, 3.05) is 17.2 Å². The van der Waals surface area contributed by atoms with Crippen LogP contribution >= 0.6 is 0 Å². The Kier molecular flexibility index (Phi) is 4.30. The molecule has 0 bridgehead atoms. The molecule has 2 aromatic rings. The van der Waals surface area contributed by atoms with Crippen LogP contribution in [0.25, 0.3) is 0 Å². The summed E-state index contributed by atoms with van der Waals surface area (Å²) in [4.78, 5) is 11.7. The van der Waals surface area contributed by atoms with Crippen LogP contribution in [0.2, 0.25) is 0 Å². The highest BCUT2D eigenvalue weighted by molar-refractivity contribution is 5.93. The molecule has 1 amide bonds. The van der Waals surface area contributed by atoms with Crippen molar-refractivity contribution in [2.45, 2.75) is 6.92 Å². The maximum absolute atomic E-state index is 13.0. The third-order valence-corrected chi connectivity index (χ3v) is 2.74. The molecular weight excluding hydrogens is 262 g/mol. The lowest BCUT2D eigenvalue weighted by Crippen LogP contribution is -2.22. The number of aryl methyl sites for hydroxylation is 1. The summed E-state index contributed by atoms with van der Waals surface area (Å²) in [5, 5.41) is 5.47. The highest BCUT2D eigenvalue weighted by Crippen LogP contribution is 2.15. The van der Waals surface area contributed by atoms with Gasteiger partial charge in [0.05, 0.1) is 6.54 Å². The minimum atomic E-state index is -0.412. The lowest BCUT2D eigenvalue weighted by Gasteiger charge is -2.10. The van der Waals surface area contributed by atoms with Crippen LogP contribution in [-0.2, 0) is 4.79 Å². The van der Waals surface area contributed by atoms with Crippen molar-refractivity contribution in [1.29, 1.82) is 0 Å². The van der Waals surface area contributed by atoms with Crippen LogP contribution in [0.3, 0.4) is 0 Å². The summed E-state index contributed by atoms with van der Waals surface area (Å²) in [6, 6.07) is 9.93. The van der Waals surface area contributed by atoms with Crippen LogP contribution in [-0.4, -0.2) is 12.5 Å². The van der Waals surface area contributed by atoms with Gasteiger partial charge in [-0.05, 0) is 48.9 Å². The Morgan fingerprint density at radius 1 is 1.10 bits per heavy atom. The maximum atomic E-state index is 13.0. The quantitative estimate of drug-likeness (QED) is 0.899. The van der Waals surface area contributed by atoms with E-state index in [9.17, 15) is 13.6 Å². The van der Waals surface area contributed by atoms with Crippen molar-refractivity contribution in [3.63, 3.8) is 0 Å². The van der Waals surface area contributed by atoms with Gasteiger partial charge in [-0.2, -0.15) is 0 Å². The number of carbonyl (C=O) groups is 1. The second-order valence-corrected chi connectivity index (χ2v) is 4.37. The van der Waals surface area contributed by atoms with E-state index in [0.717, 1.165) is 0 Å². The van der Waals surface area contributed by atoms with E-state index in [0.29, 0.717) is 16.9 Å². The van der Waals surface area contributed by atoms with Crippen molar-refractivity contribution in [3.05, 3.63) is 59.7 Å². The van der Waals surface area contributed by atoms with Crippen LogP contribution in [0.4, 0.5) is 20.2 Å². The van der Waals surface area contributed by atoms with Gasteiger partial charge in [-0.3, -0.25) is 4.79 Å². The zero-order chi connectivity index (χ0) is 14.5. The molecule has 0 spiro atoms. The molecule has 5 heteroatoms. The predicted octanol–water partition coefficient (Wildman–Crippen LogP) is 3.32. The topological polar surface area (TPSA) is 41.1 Å². The Balaban J connectivity index is 1.92. The number of hydrogen-bond donors (Lipinski definition) is 2. The number of halogens is 2. The number of hydrogen-bond acceptors (Lipinski definition) is 2. The summed E-state index contributed by atoms with van der Waals surface area (Å²) in [7, 11) is 0. The smallest absolute Gasteiger partial charge is 0.243 e. The van der Waals surface area contributed by atoms with Gasteiger partial charge in [-0.1, -0.05) is 6.07 Å². The number of nitrogens with one attached hydrogen (secondary N) is 2. The molecule has 0 radical (unpaired) electrons. The molecule has 2 aromatic carbocycles. The highest BCUT2D eigenvalue weighted by Gasteiger charge is 2.05. The Hall–Kier alpha value is -2.43. The number of benzene rings is 2. The largest absolute Gasteiger partial charge is 0.376 e. The molecule has 2 rings (SSSR count). The normalized spacial score (nSPS) is 10.2. The van der Waals surface area contributed by atoms with Gasteiger partial charge in [0.2, 0.25) is 5.91 Å². The molecule has 3 nitrogen and oxygen atoms in total. The van der Waals surface area contributed by atoms with Crippen molar-refractivity contribution in [2.24, 2.45) is 0 Å². The van der Waals surface area contributed by atoms with E-state index in [-0.39, 0.29) is 18.3 Å². The summed E-state index contributed by atoms with van der Waals surface area (Å²) in [6.07, 6.45) is 0. The highest BCUT2D eigenvalue weighted by atomic mass is 19.1. The van der Waals surface area contributed by atoms with Crippen molar-refractivity contribution < 1.29 is 13.6 Å². The first-order valence-corrected chi connectivity index (χ1v) is 6.10. The zero-order valence-corrected chi connectivity index (χ0v) is 10.9. The van der Waals surface area contributed by atoms with E-state index < -0.39 is 5.82 Å². The molecule has 0 aromatic heterocycles. The van der Waals surface area contributed by atoms with E-state index in [2.05, 4.69) is 10.6 Å². The van der Waals surface area contributed by atoms with Gasteiger partial charge in [-0.25, -0.2) is 8.78 Å². The number of carbonyl (C=O) groups excluding carboxylic acids is 1. The first kappa shape index (κ1) is 14.0. The van der Waals surface area contributed by atoms with Gasteiger partial charge in [0.15, 0.2) is 0 Å². The summed E-state index contributed by atoms with van der Waals surface area (Å²) in [5.74, 6) is -1.04. The Morgan fingerprint density at radius 2 is 1.85 bits per heavy atom. The summed E-state index contributed by atoms with van der Waals surface area (Å²) >= 11 is 0. The van der Waals surface area contributed by atoms with Crippen LogP contribution in [0, 0.1) is 18.6 Å². The molecule has 20 heavy (non-hydrogen) atoms. The van der Waals surface area contributed by atoms with E-state index >= 15 is 0 Å². The van der Waals surface area contributed by atoms with Crippen molar-refractivity contribution >= 4 is 17.3 Å². The number of amides is 1. The molecule has 0 aliphatic carbocycles. The predicted molar refractivity (Wildman–Crippen MR) is 74.7 cm³/mol. The van der Waals surface area contributed by atoms with Gasteiger partial charge in [0, 0.05) is 11.4 Å². The van der Waals surface area contributed by atoms with Gasteiger partial charge in [-0.15, -0.1) is 0 Å². The third-order valence-electron chi connectivity index (χ3n) is 2.74. The lowest BCUT2D eigenvalue weighted by molar-refractivity contribution is -0.114.